The quantitative estimate of drug-likeness (QED) is 0.637. The number of rotatable bonds is 5. The van der Waals surface area contributed by atoms with E-state index in [-0.39, 0.29) is 0 Å². The summed E-state index contributed by atoms with van der Waals surface area (Å²) in [6, 6.07) is 7.04. The van der Waals surface area contributed by atoms with Crippen LogP contribution in [0.15, 0.2) is 22.7 Å². The van der Waals surface area contributed by atoms with E-state index in [1.807, 2.05) is 6.07 Å². The molecule has 1 aromatic rings. The lowest BCUT2D eigenvalue weighted by Gasteiger charge is -2.05. The molecular formula is C12H17BrN2. The normalized spacial score (nSPS) is 15.5. The number of halogens is 1. The third-order valence-corrected chi connectivity index (χ3v) is 3.44. The number of benzene rings is 1. The lowest BCUT2D eigenvalue weighted by molar-refractivity contribution is 0.645. The van der Waals surface area contributed by atoms with E-state index in [1.54, 1.807) is 0 Å². The monoisotopic (exact) mass is 268 g/mol. The van der Waals surface area contributed by atoms with Gasteiger partial charge in [-0.25, -0.2) is 0 Å². The highest BCUT2D eigenvalue weighted by Crippen LogP contribution is 2.21. The van der Waals surface area contributed by atoms with Gasteiger partial charge in [0.05, 0.1) is 0 Å². The molecule has 2 nitrogen and oxygen atoms in total. The number of hydrogen-bond acceptors (Lipinski definition) is 2. The summed E-state index contributed by atoms with van der Waals surface area (Å²) < 4.78 is 0.988. The van der Waals surface area contributed by atoms with Crippen LogP contribution in [0.25, 0.3) is 0 Å². The third-order valence-electron chi connectivity index (χ3n) is 2.71. The van der Waals surface area contributed by atoms with Crippen molar-refractivity contribution in [1.29, 1.82) is 0 Å². The van der Waals surface area contributed by atoms with Gasteiger partial charge in [-0.15, -0.1) is 0 Å². The first-order valence-electron chi connectivity index (χ1n) is 5.53. The van der Waals surface area contributed by atoms with Crippen LogP contribution in [0.1, 0.15) is 24.8 Å². The van der Waals surface area contributed by atoms with Crippen molar-refractivity contribution in [2.75, 3.05) is 12.3 Å². The van der Waals surface area contributed by atoms with Crippen molar-refractivity contribution < 1.29 is 0 Å². The van der Waals surface area contributed by atoms with E-state index in [0.29, 0.717) is 0 Å². The van der Waals surface area contributed by atoms with Gasteiger partial charge in [-0.1, -0.05) is 6.07 Å². The fourth-order valence-corrected chi connectivity index (χ4v) is 1.88. The number of nitrogens with two attached hydrogens (primary N) is 1. The summed E-state index contributed by atoms with van der Waals surface area (Å²) in [6.07, 6.45) is 5.03. The zero-order valence-electron chi connectivity index (χ0n) is 8.80. The zero-order valence-corrected chi connectivity index (χ0v) is 10.4. The summed E-state index contributed by atoms with van der Waals surface area (Å²) in [5, 5.41) is 3.51. The second kappa shape index (κ2) is 4.99. The lowest BCUT2D eigenvalue weighted by Crippen LogP contribution is -2.17. The fraction of sp³-hybridized carbons (Fsp3) is 0.500. The Balaban J connectivity index is 1.74. The topological polar surface area (TPSA) is 38.0 Å². The molecule has 0 atom stereocenters. The van der Waals surface area contributed by atoms with Gasteiger partial charge in [0.2, 0.25) is 0 Å². The second-order valence-electron chi connectivity index (χ2n) is 4.19. The molecule has 1 aliphatic carbocycles. The molecule has 82 valence electrons. The molecule has 1 aliphatic rings. The molecule has 0 radical (unpaired) electrons. The van der Waals surface area contributed by atoms with Crippen molar-refractivity contribution in [3.8, 4) is 0 Å². The van der Waals surface area contributed by atoms with Gasteiger partial charge in [0.15, 0.2) is 0 Å². The smallest absolute Gasteiger partial charge is 0.0461 e. The van der Waals surface area contributed by atoms with Gasteiger partial charge in [0, 0.05) is 16.2 Å². The molecule has 0 heterocycles. The van der Waals surface area contributed by atoms with Crippen LogP contribution in [0.4, 0.5) is 5.69 Å². The Bertz CT molecular complexity index is 334. The summed E-state index contributed by atoms with van der Waals surface area (Å²) in [6.45, 7) is 1.13. The van der Waals surface area contributed by atoms with E-state index in [2.05, 4.69) is 33.4 Å². The highest BCUT2D eigenvalue weighted by atomic mass is 79.9. The third kappa shape index (κ3) is 3.50. The second-order valence-corrected chi connectivity index (χ2v) is 5.04. The van der Waals surface area contributed by atoms with Crippen molar-refractivity contribution in [1.82, 2.24) is 5.32 Å². The van der Waals surface area contributed by atoms with Gasteiger partial charge in [0.1, 0.15) is 0 Å². The van der Waals surface area contributed by atoms with E-state index in [9.17, 15) is 0 Å². The Morgan fingerprint density at radius 3 is 2.87 bits per heavy atom. The van der Waals surface area contributed by atoms with Crippen LogP contribution in [0.2, 0.25) is 0 Å². The summed E-state index contributed by atoms with van der Waals surface area (Å²) in [5.41, 5.74) is 7.98. The number of hydrogen-bond donors (Lipinski definition) is 2. The first kappa shape index (κ1) is 11.0. The van der Waals surface area contributed by atoms with Crippen molar-refractivity contribution in [2.24, 2.45) is 0 Å². The highest BCUT2D eigenvalue weighted by Gasteiger charge is 2.19. The standard InChI is InChI=1S/C12H17BrN2/c13-11-6-3-9(8-12(11)14)2-1-7-15-10-4-5-10/h3,6,8,10,15H,1-2,4-5,7,14H2. The fourth-order valence-electron chi connectivity index (χ4n) is 1.63. The highest BCUT2D eigenvalue weighted by molar-refractivity contribution is 9.10. The van der Waals surface area contributed by atoms with Crippen LogP contribution in [0.5, 0.6) is 0 Å². The molecular weight excluding hydrogens is 252 g/mol. The van der Waals surface area contributed by atoms with Crippen LogP contribution >= 0.6 is 15.9 Å². The minimum Gasteiger partial charge on any atom is -0.398 e. The van der Waals surface area contributed by atoms with Gasteiger partial charge in [-0.3, -0.25) is 0 Å². The first-order valence-corrected chi connectivity index (χ1v) is 6.32. The van der Waals surface area contributed by atoms with Gasteiger partial charge in [-0.2, -0.15) is 0 Å². The van der Waals surface area contributed by atoms with Gasteiger partial charge in [0.25, 0.3) is 0 Å². The van der Waals surface area contributed by atoms with E-state index >= 15 is 0 Å². The SMILES string of the molecule is Nc1cc(CCCNC2CC2)ccc1Br. The Labute approximate surface area is 99.4 Å². The van der Waals surface area contributed by atoms with Gasteiger partial charge >= 0.3 is 0 Å². The Kier molecular flexibility index (Phi) is 3.65. The molecule has 0 unspecified atom stereocenters. The van der Waals surface area contributed by atoms with Crippen molar-refractivity contribution in [2.45, 2.75) is 31.7 Å². The molecule has 0 amide bonds. The molecule has 3 N–H and O–H groups in total. The predicted octanol–water partition coefficient (Wildman–Crippen LogP) is 2.72. The maximum absolute atomic E-state index is 5.82. The summed E-state index contributed by atoms with van der Waals surface area (Å²) in [4.78, 5) is 0. The number of nitrogens with one attached hydrogen (secondary N) is 1. The first-order chi connectivity index (χ1) is 7.25. The minimum absolute atomic E-state index is 0.819. The Morgan fingerprint density at radius 2 is 2.20 bits per heavy atom. The molecule has 0 spiro atoms. The van der Waals surface area contributed by atoms with E-state index in [0.717, 1.165) is 29.2 Å². The average Bonchev–Trinajstić information content (AvgIpc) is 3.02. The molecule has 0 aromatic heterocycles. The van der Waals surface area contributed by atoms with Crippen LogP contribution in [-0.2, 0) is 6.42 Å². The molecule has 0 saturated heterocycles. The Morgan fingerprint density at radius 1 is 1.40 bits per heavy atom. The molecule has 1 aromatic carbocycles. The van der Waals surface area contributed by atoms with Crippen molar-refractivity contribution in [3.05, 3.63) is 28.2 Å². The van der Waals surface area contributed by atoms with Crippen LogP contribution in [0.3, 0.4) is 0 Å². The Hall–Kier alpha value is -0.540. The number of aryl methyl sites for hydroxylation is 1. The predicted molar refractivity (Wildman–Crippen MR) is 67.9 cm³/mol. The van der Waals surface area contributed by atoms with E-state index in [1.165, 1.54) is 24.8 Å². The summed E-state index contributed by atoms with van der Waals surface area (Å²) >= 11 is 3.40. The van der Waals surface area contributed by atoms with Crippen LogP contribution in [0, 0.1) is 0 Å². The molecule has 0 bridgehead atoms. The summed E-state index contributed by atoms with van der Waals surface area (Å²) in [5.74, 6) is 0. The summed E-state index contributed by atoms with van der Waals surface area (Å²) in [7, 11) is 0. The zero-order chi connectivity index (χ0) is 10.7. The number of anilines is 1. The average molecular weight is 269 g/mol. The van der Waals surface area contributed by atoms with Gasteiger partial charge in [-0.05, 0) is 65.9 Å². The van der Waals surface area contributed by atoms with Gasteiger partial charge < -0.3 is 11.1 Å². The molecule has 2 rings (SSSR count). The van der Waals surface area contributed by atoms with Crippen LogP contribution < -0.4 is 11.1 Å². The molecule has 1 saturated carbocycles. The molecule has 1 fully saturated rings. The molecule has 0 aliphatic heterocycles. The van der Waals surface area contributed by atoms with E-state index < -0.39 is 0 Å². The maximum atomic E-state index is 5.82. The lowest BCUT2D eigenvalue weighted by atomic mass is 10.1. The van der Waals surface area contributed by atoms with Crippen molar-refractivity contribution >= 4 is 21.6 Å². The largest absolute Gasteiger partial charge is 0.398 e. The molecule has 15 heavy (non-hydrogen) atoms. The number of nitrogen functional groups attached to an aromatic ring is 1. The molecule has 3 heteroatoms. The van der Waals surface area contributed by atoms with E-state index in [4.69, 9.17) is 5.73 Å². The van der Waals surface area contributed by atoms with Crippen LogP contribution in [-0.4, -0.2) is 12.6 Å². The maximum Gasteiger partial charge on any atom is 0.0461 e. The minimum atomic E-state index is 0.819. The van der Waals surface area contributed by atoms with Crippen molar-refractivity contribution in [3.63, 3.8) is 0 Å².